The molecule has 0 aliphatic carbocycles. The Hall–Kier alpha value is -2.89. The maximum Gasteiger partial charge on any atom is 0.260 e. The summed E-state index contributed by atoms with van der Waals surface area (Å²) >= 11 is 0. The Labute approximate surface area is 158 Å². The number of hydrogen-bond acceptors (Lipinski definition) is 3. The fourth-order valence-corrected chi connectivity index (χ4v) is 3.24. The van der Waals surface area contributed by atoms with E-state index in [0.717, 1.165) is 22.4 Å². The van der Waals surface area contributed by atoms with Crippen LogP contribution in [-0.4, -0.2) is 36.4 Å². The summed E-state index contributed by atoms with van der Waals surface area (Å²) in [4.78, 5) is 26.1. The molecule has 2 aromatic rings. The first-order valence-corrected chi connectivity index (χ1v) is 8.89. The molecule has 27 heavy (non-hydrogen) atoms. The van der Waals surface area contributed by atoms with Crippen LogP contribution in [0.25, 0.3) is 0 Å². The second-order valence-electron chi connectivity index (χ2n) is 6.98. The minimum Gasteiger partial charge on any atom is -0.481 e. The van der Waals surface area contributed by atoms with Gasteiger partial charge in [0, 0.05) is 18.8 Å². The summed E-state index contributed by atoms with van der Waals surface area (Å²) in [5.74, 6) is -1.06. The van der Waals surface area contributed by atoms with Crippen molar-refractivity contribution in [1.29, 1.82) is 0 Å². The molecular formula is C21H23FN2O3. The number of rotatable bonds is 5. The first-order valence-electron chi connectivity index (χ1n) is 8.89. The number of hydrogen-bond donors (Lipinski definition) is 1. The molecule has 1 heterocycles. The van der Waals surface area contributed by atoms with Crippen LogP contribution >= 0.6 is 0 Å². The summed E-state index contributed by atoms with van der Waals surface area (Å²) in [5, 5.41) is 2.97. The Bertz CT molecular complexity index is 852. The lowest BCUT2D eigenvalue weighted by molar-refractivity contribution is -0.143. The van der Waals surface area contributed by atoms with E-state index in [1.165, 1.54) is 12.1 Å². The Balaban J connectivity index is 1.49. The summed E-state index contributed by atoms with van der Waals surface area (Å²) in [6, 6.07) is 10.0. The van der Waals surface area contributed by atoms with E-state index in [1.807, 2.05) is 32.9 Å². The number of anilines is 1. The number of carbonyl (C=O) groups excluding carboxylic acids is 2. The molecule has 0 saturated carbocycles. The third kappa shape index (κ3) is 4.27. The van der Waals surface area contributed by atoms with Gasteiger partial charge in [0.15, 0.2) is 18.2 Å². The van der Waals surface area contributed by atoms with Crippen LogP contribution in [-0.2, 0) is 9.59 Å². The highest BCUT2D eigenvalue weighted by Crippen LogP contribution is 2.25. The summed E-state index contributed by atoms with van der Waals surface area (Å²) in [5.41, 5.74) is 4.02. The molecule has 5 nitrogen and oxygen atoms in total. The van der Waals surface area contributed by atoms with Crippen molar-refractivity contribution in [3.05, 3.63) is 58.9 Å². The third-order valence-corrected chi connectivity index (χ3v) is 4.72. The standard InChI is InChI=1S/C21H23FN2O3/c1-13-8-14(2)20(15(3)9-13)23-21(26)16-10-24(11-16)19(25)12-27-18-7-5-4-6-17(18)22/h4-9,16H,10-12H2,1-3H3,(H,23,26). The zero-order valence-corrected chi connectivity index (χ0v) is 15.7. The van der Waals surface area contributed by atoms with E-state index >= 15 is 0 Å². The van der Waals surface area contributed by atoms with Crippen LogP contribution in [0.5, 0.6) is 5.75 Å². The summed E-state index contributed by atoms with van der Waals surface area (Å²) < 4.78 is 18.7. The summed E-state index contributed by atoms with van der Waals surface area (Å²) in [6.45, 7) is 6.39. The molecule has 1 aliphatic rings. The van der Waals surface area contributed by atoms with Crippen LogP contribution in [0.3, 0.4) is 0 Å². The number of aryl methyl sites for hydroxylation is 3. The molecule has 1 saturated heterocycles. The lowest BCUT2D eigenvalue weighted by atomic mass is 9.98. The topological polar surface area (TPSA) is 58.6 Å². The molecule has 2 aromatic carbocycles. The van der Waals surface area contributed by atoms with Gasteiger partial charge >= 0.3 is 0 Å². The normalized spacial score (nSPS) is 13.9. The number of ether oxygens (including phenoxy) is 1. The lowest BCUT2D eigenvalue weighted by Crippen LogP contribution is -2.55. The fraction of sp³-hybridized carbons (Fsp3) is 0.333. The second kappa shape index (κ2) is 7.78. The maximum absolute atomic E-state index is 13.5. The second-order valence-corrected chi connectivity index (χ2v) is 6.98. The Morgan fingerprint density at radius 1 is 1.15 bits per heavy atom. The van der Waals surface area contributed by atoms with E-state index in [9.17, 15) is 14.0 Å². The van der Waals surface area contributed by atoms with Crippen LogP contribution in [0.15, 0.2) is 36.4 Å². The predicted molar refractivity (Wildman–Crippen MR) is 101 cm³/mol. The molecule has 0 spiro atoms. The monoisotopic (exact) mass is 370 g/mol. The molecule has 0 aromatic heterocycles. The molecule has 1 N–H and O–H groups in total. The summed E-state index contributed by atoms with van der Waals surface area (Å²) in [7, 11) is 0. The van der Waals surface area contributed by atoms with E-state index in [-0.39, 0.29) is 30.1 Å². The molecule has 142 valence electrons. The molecule has 2 amide bonds. The quantitative estimate of drug-likeness (QED) is 0.879. The zero-order chi connectivity index (χ0) is 19.6. The minimum absolute atomic E-state index is 0.0472. The number of nitrogens with zero attached hydrogens (tertiary/aromatic N) is 1. The van der Waals surface area contributed by atoms with Crippen LogP contribution < -0.4 is 10.1 Å². The Kier molecular flexibility index (Phi) is 5.44. The number of benzene rings is 2. The molecule has 0 unspecified atom stereocenters. The van der Waals surface area contributed by atoms with Gasteiger partial charge in [-0.3, -0.25) is 9.59 Å². The molecular weight excluding hydrogens is 347 g/mol. The maximum atomic E-state index is 13.5. The lowest BCUT2D eigenvalue weighted by Gasteiger charge is -2.38. The van der Waals surface area contributed by atoms with Crippen LogP contribution in [0, 0.1) is 32.5 Å². The van der Waals surface area contributed by atoms with Gasteiger partial charge in [-0.2, -0.15) is 0 Å². The van der Waals surface area contributed by atoms with E-state index in [2.05, 4.69) is 5.32 Å². The van der Waals surface area contributed by atoms with Crippen molar-refractivity contribution < 1.29 is 18.7 Å². The highest BCUT2D eigenvalue weighted by atomic mass is 19.1. The number of likely N-dealkylation sites (tertiary alicyclic amines) is 1. The van der Waals surface area contributed by atoms with Crippen molar-refractivity contribution in [2.24, 2.45) is 5.92 Å². The number of para-hydroxylation sites is 1. The zero-order valence-electron chi connectivity index (χ0n) is 15.7. The van der Waals surface area contributed by atoms with Gasteiger partial charge in [-0.25, -0.2) is 4.39 Å². The average molecular weight is 370 g/mol. The van der Waals surface area contributed by atoms with Crippen molar-refractivity contribution in [1.82, 2.24) is 4.90 Å². The van der Waals surface area contributed by atoms with Crippen LogP contribution in [0.1, 0.15) is 16.7 Å². The van der Waals surface area contributed by atoms with Gasteiger partial charge in [0.05, 0.1) is 5.92 Å². The molecule has 0 bridgehead atoms. The van der Waals surface area contributed by atoms with Gasteiger partial charge < -0.3 is 15.0 Å². The van der Waals surface area contributed by atoms with Crippen LogP contribution in [0.2, 0.25) is 0 Å². The number of halogens is 1. The third-order valence-electron chi connectivity index (χ3n) is 4.72. The van der Waals surface area contributed by atoms with E-state index in [0.29, 0.717) is 13.1 Å². The van der Waals surface area contributed by atoms with Crippen molar-refractivity contribution in [2.45, 2.75) is 20.8 Å². The van der Waals surface area contributed by atoms with Crippen molar-refractivity contribution in [3.63, 3.8) is 0 Å². The molecule has 3 rings (SSSR count). The van der Waals surface area contributed by atoms with Crippen LogP contribution in [0.4, 0.5) is 10.1 Å². The van der Waals surface area contributed by atoms with Gasteiger partial charge in [0.1, 0.15) is 0 Å². The molecule has 1 aliphatic heterocycles. The fourth-order valence-electron chi connectivity index (χ4n) is 3.24. The Morgan fingerprint density at radius 3 is 2.41 bits per heavy atom. The minimum atomic E-state index is -0.505. The molecule has 1 fully saturated rings. The van der Waals surface area contributed by atoms with Gasteiger partial charge in [-0.15, -0.1) is 0 Å². The smallest absolute Gasteiger partial charge is 0.260 e. The Morgan fingerprint density at radius 2 is 1.78 bits per heavy atom. The van der Waals surface area contributed by atoms with E-state index < -0.39 is 5.82 Å². The van der Waals surface area contributed by atoms with E-state index in [1.54, 1.807) is 17.0 Å². The first kappa shape index (κ1) is 18.9. The number of amides is 2. The molecule has 0 radical (unpaired) electrons. The predicted octanol–water partition coefficient (Wildman–Crippen LogP) is 3.23. The van der Waals surface area contributed by atoms with Crippen molar-refractivity contribution in [3.8, 4) is 5.75 Å². The van der Waals surface area contributed by atoms with Crippen molar-refractivity contribution in [2.75, 3.05) is 25.0 Å². The summed E-state index contributed by atoms with van der Waals surface area (Å²) in [6.07, 6.45) is 0. The number of carbonyl (C=O) groups is 2. The van der Waals surface area contributed by atoms with Gasteiger partial charge in [0.25, 0.3) is 5.91 Å². The molecule has 6 heteroatoms. The highest BCUT2D eigenvalue weighted by molar-refractivity contribution is 5.96. The first-order chi connectivity index (χ1) is 12.8. The SMILES string of the molecule is Cc1cc(C)c(NC(=O)C2CN(C(=O)COc3ccccc3F)C2)c(C)c1. The molecule has 0 atom stereocenters. The highest BCUT2D eigenvalue weighted by Gasteiger charge is 2.36. The van der Waals surface area contributed by atoms with Gasteiger partial charge in [0.2, 0.25) is 5.91 Å². The van der Waals surface area contributed by atoms with Crippen molar-refractivity contribution >= 4 is 17.5 Å². The largest absolute Gasteiger partial charge is 0.481 e. The van der Waals surface area contributed by atoms with E-state index in [4.69, 9.17) is 4.74 Å². The van der Waals surface area contributed by atoms with Gasteiger partial charge in [-0.05, 0) is 44.0 Å². The number of nitrogens with one attached hydrogen (secondary N) is 1. The average Bonchev–Trinajstić information content (AvgIpc) is 2.56. The van der Waals surface area contributed by atoms with Gasteiger partial charge in [-0.1, -0.05) is 29.8 Å².